The molecule has 1 amide bonds. The highest BCUT2D eigenvalue weighted by Gasteiger charge is 2.19. The van der Waals surface area contributed by atoms with Gasteiger partial charge in [0.25, 0.3) is 0 Å². The Morgan fingerprint density at radius 3 is 2.62 bits per heavy atom. The van der Waals surface area contributed by atoms with Crippen LogP contribution in [0.5, 0.6) is 11.5 Å². The molecular weight excluding hydrogens is 470 g/mol. The lowest BCUT2D eigenvalue weighted by molar-refractivity contribution is -0.127. The Bertz CT molecular complexity index is 1190. The molecule has 1 saturated heterocycles. The van der Waals surface area contributed by atoms with Crippen molar-refractivity contribution in [2.24, 2.45) is 0 Å². The lowest BCUT2D eigenvalue weighted by atomic mass is 10.1. The number of nitrogens with one attached hydrogen (secondary N) is 2. The molecule has 196 valence electrons. The van der Waals surface area contributed by atoms with Crippen LogP contribution in [0.4, 0.5) is 5.82 Å². The molecule has 0 spiro atoms. The van der Waals surface area contributed by atoms with Gasteiger partial charge in [0, 0.05) is 49.8 Å². The second-order valence-corrected chi connectivity index (χ2v) is 9.01. The van der Waals surface area contributed by atoms with Crippen molar-refractivity contribution in [2.45, 2.75) is 25.4 Å². The molecule has 0 bridgehead atoms. The number of anilines is 1. The molecule has 2 heterocycles. The number of carbonyl (C=O) groups excluding carboxylic acids is 1. The van der Waals surface area contributed by atoms with Gasteiger partial charge in [-0.1, -0.05) is 24.3 Å². The fourth-order valence-corrected chi connectivity index (χ4v) is 4.24. The van der Waals surface area contributed by atoms with Crippen molar-refractivity contribution in [1.82, 2.24) is 20.2 Å². The summed E-state index contributed by atoms with van der Waals surface area (Å²) >= 11 is 0. The average molecular weight is 506 g/mol. The van der Waals surface area contributed by atoms with E-state index < -0.39 is 6.10 Å². The van der Waals surface area contributed by atoms with E-state index in [0.29, 0.717) is 36.9 Å². The summed E-state index contributed by atoms with van der Waals surface area (Å²) in [6, 6.07) is 17.2. The van der Waals surface area contributed by atoms with Crippen molar-refractivity contribution in [2.75, 3.05) is 52.3 Å². The van der Waals surface area contributed by atoms with Crippen LogP contribution in [0.2, 0.25) is 0 Å². The van der Waals surface area contributed by atoms with Crippen molar-refractivity contribution < 1.29 is 19.4 Å². The van der Waals surface area contributed by atoms with Gasteiger partial charge in [0.15, 0.2) is 5.82 Å². The minimum atomic E-state index is -0.604. The largest absolute Gasteiger partial charge is 0.497 e. The van der Waals surface area contributed by atoms with Crippen LogP contribution in [-0.4, -0.2) is 78.9 Å². The first-order valence-corrected chi connectivity index (χ1v) is 12.7. The molecule has 1 unspecified atom stereocenters. The van der Waals surface area contributed by atoms with Gasteiger partial charge in [0.1, 0.15) is 30.0 Å². The molecule has 1 aliphatic heterocycles. The van der Waals surface area contributed by atoms with Crippen molar-refractivity contribution in [3.8, 4) is 34.1 Å². The Labute approximate surface area is 217 Å². The SMILES string of the molecule is CNCC(O)COc1cccc(-c2nc(NCCCN3CCCC3=O)cc(-c3cccc(OC)c3)n2)c1. The number of likely N-dealkylation sites (N-methyl/N-ethyl adjacent to an activating group) is 1. The van der Waals surface area contributed by atoms with Crippen molar-refractivity contribution >= 4 is 11.7 Å². The number of likely N-dealkylation sites (tertiary alicyclic amines) is 1. The number of hydrogen-bond acceptors (Lipinski definition) is 8. The van der Waals surface area contributed by atoms with E-state index in [0.717, 1.165) is 48.5 Å². The predicted octanol–water partition coefficient (Wildman–Crippen LogP) is 3.20. The van der Waals surface area contributed by atoms with Crippen LogP contribution in [0.1, 0.15) is 19.3 Å². The topological polar surface area (TPSA) is 109 Å². The molecule has 4 rings (SSSR count). The summed E-state index contributed by atoms with van der Waals surface area (Å²) in [5.41, 5.74) is 2.48. The molecule has 1 aromatic heterocycles. The highest BCUT2D eigenvalue weighted by Crippen LogP contribution is 2.28. The lowest BCUT2D eigenvalue weighted by Crippen LogP contribution is -2.29. The number of hydrogen-bond donors (Lipinski definition) is 3. The second kappa shape index (κ2) is 13.0. The molecule has 1 atom stereocenters. The standard InChI is InChI=1S/C28H35N5O4/c1-29-18-22(34)19-37-24-10-4-8-21(16-24)28-31-25(20-7-3-9-23(15-20)36-2)17-26(32-28)30-12-6-14-33-13-5-11-27(33)35/h3-4,7-10,15-17,22,29,34H,5-6,11-14,18-19H2,1-2H3,(H,30,31,32). The van der Waals surface area contributed by atoms with E-state index in [4.69, 9.17) is 19.4 Å². The van der Waals surface area contributed by atoms with Crippen molar-refractivity contribution in [3.63, 3.8) is 0 Å². The Morgan fingerprint density at radius 2 is 1.86 bits per heavy atom. The minimum Gasteiger partial charge on any atom is -0.497 e. The maximum absolute atomic E-state index is 11.9. The fraction of sp³-hybridized carbons (Fsp3) is 0.393. The zero-order chi connectivity index (χ0) is 26.0. The number of aliphatic hydroxyl groups is 1. The summed E-state index contributed by atoms with van der Waals surface area (Å²) < 4.78 is 11.2. The van der Waals surface area contributed by atoms with Crippen molar-refractivity contribution in [3.05, 3.63) is 54.6 Å². The maximum atomic E-state index is 11.9. The van der Waals surface area contributed by atoms with Crippen LogP contribution < -0.4 is 20.1 Å². The highest BCUT2D eigenvalue weighted by molar-refractivity contribution is 5.78. The first-order valence-electron chi connectivity index (χ1n) is 12.7. The molecule has 3 aromatic rings. The quantitative estimate of drug-likeness (QED) is 0.304. The molecule has 9 nitrogen and oxygen atoms in total. The molecule has 37 heavy (non-hydrogen) atoms. The Hall–Kier alpha value is -3.69. The molecule has 3 N–H and O–H groups in total. The van der Waals surface area contributed by atoms with E-state index in [1.54, 1.807) is 14.2 Å². The Kier molecular flexibility index (Phi) is 9.29. The van der Waals surface area contributed by atoms with Gasteiger partial charge in [-0.05, 0) is 44.2 Å². The average Bonchev–Trinajstić information content (AvgIpc) is 3.34. The molecular formula is C28H35N5O4. The van der Waals surface area contributed by atoms with Gasteiger partial charge < -0.3 is 30.1 Å². The minimum absolute atomic E-state index is 0.182. The van der Waals surface area contributed by atoms with Crippen LogP contribution in [0.15, 0.2) is 54.6 Å². The first kappa shape index (κ1) is 26.4. The lowest BCUT2D eigenvalue weighted by Gasteiger charge is -2.16. The summed E-state index contributed by atoms with van der Waals surface area (Å²) in [7, 11) is 3.43. The number of amides is 1. The normalized spacial score (nSPS) is 14.0. The van der Waals surface area contributed by atoms with Crippen LogP contribution >= 0.6 is 0 Å². The molecule has 2 aromatic carbocycles. The number of rotatable bonds is 13. The Morgan fingerprint density at radius 1 is 1.08 bits per heavy atom. The third-order valence-corrected chi connectivity index (χ3v) is 6.15. The van der Waals surface area contributed by atoms with Gasteiger partial charge in [0.05, 0.1) is 12.8 Å². The monoisotopic (exact) mass is 505 g/mol. The van der Waals surface area contributed by atoms with Crippen LogP contribution in [0.3, 0.4) is 0 Å². The first-order chi connectivity index (χ1) is 18.1. The van der Waals surface area contributed by atoms with Crippen molar-refractivity contribution in [1.29, 1.82) is 0 Å². The van der Waals surface area contributed by atoms with Crippen LogP contribution in [0, 0.1) is 0 Å². The van der Waals surface area contributed by atoms with Crippen LogP contribution in [-0.2, 0) is 4.79 Å². The van der Waals surface area contributed by atoms with E-state index >= 15 is 0 Å². The van der Waals surface area contributed by atoms with Gasteiger partial charge in [-0.2, -0.15) is 0 Å². The van der Waals surface area contributed by atoms with E-state index in [2.05, 4.69) is 10.6 Å². The summed E-state index contributed by atoms with van der Waals surface area (Å²) in [6.45, 7) is 2.91. The summed E-state index contributed by atoms with van der Waals surface area (Å²) in [5.74, 6) is 2.88. The molecule has 0 aliphatic carbocycles. The zero-order valence-electron chi connectivity index (χ0n) is 21.4. The molecule has 0 saturated carbocycles. The third kappa shape index (κ3) is 7.41. The number of methoxy groups -OCH3 is 1. The fourth-order valence-electron chi connectivity index (χ4n) is 4.24. The highest BCUT2D eigenvalue weighted by atomic mass is 16.5. The van der Waals surface area contributed by atoms with E-state index in [-0.39, 0.29) is 12.5 Å². The van der Waals surface area contributed by atoms with Gasteiger partial charge in [-0.25, -0.2) is 9.97 Å². The number of nitrogens with zero attached hydrogens (tertiary/aromatic N) is 3. The number of carbonyl (C=O) groups is 1. The molecule has 1 fully saturated rings. The van der Waals surface area contributed by atoms with E-state index in [1.807, 2.05) is 59.5 Å². The third-order valence-electron chi connectivity index (χ3n) is 6.15. The second-order valence-electron chi connectivity index (χ2n) is 9.01. The summed E-state index contributed by atoms with van der Waals surface area (Å²) in [5, 5.41) is 16.3. The number of aromatic nitrogens is 2. The predicted molar refractivity (Wildman–Crippen MR) is 144 cm³/mol. The smallest absolute Gasteiger partial charge is 0.222 e. The van der Waals surface area contributed by atoms with E-state index in [9.17, 15) is 9.90 Å². The van der Waals surface area contributed by atoms with Gasteiger partial charge >= 0.3 is 0 Å². The Balaban J connectivity index is 1.55. The summed E-state index contributed by atoms with van der Waals surface area (Å²) in [4.78, 5) is 23.4. The molecule has 1 aliphatic rings. The molecule has 0 radical (unpaired) electrons. The zero-order valence-corrected chi connectivity index (χ0v) is 21.4. The van der Waals surface area contributed by atoms with Gasteiger partial charge in [0.2, 0.25) is 5.91 Å². The number of ether oxygens (including phenoxy) is 2. The molecule has 9 heteroatoms. The van der Waals surface area contributed by atoms with Gasteiger partial charge in [-0.15, -0.1) is 0 Å². The van der Waals surface area contributed by atoms with Crippen LogP contribution in [0.25, 0.3) is 22.6 Å². The maximum Gasteiger partial charge on any atom is 0.222 e. The number of benzene rings is 2. The summed E-state index contributed by atoms with van der Waals surface area (Å²) in [6.07, 6.45) is 1.83. The van der Waals surface area contributed by atoms with E-state index in [1.165, 1.54) is 0 Å². The number of aliphatic hydroxyl groups excluding tert-OH is 1. The van der Waals surface area contributed by atoms with Gasteiger partial charge in [-0.3, -0.25) is 4.79 Å².